The average Bonchev–Trinajstić information content (AvgIpc) is 2.63. The standard InChI is InChI=1S/C18H35N5O6/c1-9(2)14(18(28)29)23-16(26)12(7-5-6-8-19)22-15(25)10(3)21-17(27)13(20)11(4)24/h9-14,24H,5-8,19-20H2,1-4H3,(H,21,27)(H,22,25)(H,23,26)(H,28,29). The average molecular weight is 418 g/mol. The molecular weight excluding hydrogens is 382 g/mol. The fraction of sp³-hybridized carbons (Fsp3) is 0.778. The van der Waals surface area contributed by atoms with Gasteiger partial charge in [-0.3, -0.25) is 14.4 Å². The minimum absolute atomic E-state index is 0.257. The van der Waals surface area contributed by atoms with Crippen LogP contribution in [0.25, 0.3) is 0 Å². The maximum absolute atomic E-state index is 12.6. The van der Waals surface area contributed by atoms with Crippen molar-refractivity contribution in [2.45, 2.75) is 77.2 Å². The lowest BCUT2D eigenvalue weighted by Crippen LogP contribution is -2.57. The van der Waals surface area contributed by atoms with Gasteiger partial charge in [-0.25, -0.2) is 4.79 Å². The Labute approximate surface area is 171 Å². The number of nitrogens with two attached hydrogens (primary N) is 2. The third-order valence-corrected chi connectivity index (χ3v) is 4.38. The van der Waals surface area contributed by atoms with Gasteiger partial charge in [-0.2, -0.15) is 0 Å². The third kappa shape index (κ3) is 9.68. The fourth-order valence-corrected chi connectivity index (χ4v) is 2.42. The Morgan fingerprint density at radius 3 is 1.93 bits per heavy atom. The summed E-state index contributed by atoms with van der Waals surface area (Å²) in [7, 11) is 0. The van der Waals surface area contributed by atoms with E-state index in [2.05, 4.69) is 16.0 Å². The van der Waals surface area contributed by atoms with Crippen LogP contribution in [0.5, 0.6) is 0 Å². The van der Waals surface area contributed by atoms with E-state index in [0.717, 1.165) is 0 Å². The van der Waals surface area contributed by atoms with Gasteiger partial charge in [0.25, 0.3) is 0 Å². The van der Waals surface area contributed by atoms with Crippen molar-refractivity contribution in [3.05, 3.63) is 0 Å². The summed E-state index contributed by atoms with van der Waals surface area (Å²) in [4.78, 5) is 48.2. The number of carbonyl (C=O) groups excluding carboxylic acids is 3. The zero-order valence-corrected chi connectivity index (χ0v) is 17.5. The molecule has 11 heteroatoms. The van der Waals surface area contributed by atoms with Crippen molar-refractivity contribution in [3.63, 3.8) is 0 Å². The Morgan fingerprint density at radius 2 is 1.48 bits per heavy atom. The third-order valence-electron chi connectivity index (χ3n) is 4.38. The topological polar surface area (TPSA) is 197 Å². The number of nitrogens with one attached hydrogen (secondary N) is 3. The quantitative estimate of drug-likeness (QED) is 0.168. The lowest BCUT2D eigenvalue weighted by molar-refractivity contribution is -0.143. The zero-order chi connectivity index (χ0) is 22.7. The molecule has 168 valence electrons. The molecule has 0 bridgehead atoms. The molecular formula is C18H35N5O6. The molecule has 0 aromatic heterocycles. The highest BCUT2D eigenvalue weighted by molar-refractivity contribution is 5.94. The molecule has 0 aromatic carbocycles. The number of aliphatic carboxylic acids is 1. The number of aliphatic hydroxyl groups excluding tert-OH is 1. The number of carboxylic acids is 1. The normalized spacial score (nSPS) is 16.3. The van der Waals surface area contributed by atoms with Gasteiger partial charge in [-0.05, 0) is 45.6 Å². The lowest BCUT2D eigenvalue weighted by atomic mass is 10.0. The largest absolute Gasteiger partial charge is 0.480 e. The molecule has 9 N–H and O–H groups in total. The first-order valence-electron chi connectivity index (χ1n) is 9.69. The number of hydrogen-bond donors (Lipinski definition) is 7. The molecule has 0 saturated carbocycles. The van der Waals surface area contributed by atoms with E-state index in [9.17, 15) is 29.4 Å². The molecule has 11 nitrogen and oxygen atoms in total. The predicted octanol–water partition coefficient (Wildman–Crippen LogP) is -1.96. The summed E-state index contributed by atoms with van der Waals surface area (Å²) in [5.74, 6) is -3.50. The molecule has 3 amide bonds. The van der Waals surface area contributed by atoms with Gasteiger partial charge in [-0.15, -0.1) is 0 Å². The first kappa shape index (κ1) is 26.8. The highest BCUT2D eigenvalue weighted by Gasteiger charge is 2.30. The molecule has 0 aliphatic rings. The van der Waals surface area contributed by atoms with Crippen LogP contribution in [-0.2, 0) is 19.2 Å². The summed E-state index contributed by atoms with van der Waals surface area (Å²) in [6, 6.07) is -4.30. The van der Waals surface area contributed by atoms with Crippen LogP contribution in [0.1, 0.15) is 47.0 Å². The first-order valence-corrected chi connectivity index (χ1v) is 9.69. The van der Waals surface area contributed by atoms with E-state index < -0.39 is 54.0 Å². The minimum atomic E-state index is -1.20. The van der Waals surface area contributed by atoms with E-state index in [-0.39, 0.29) is 12.3 Å². The molecule has 0 fully saturated rings. The van der Waals surface area contributed by atoms with Crippen molar-refractivity contribution in [3.8, 4) is 0 Å². The number of hydrogen-bond acceptors (Lipinski definition) is 7. The van der Waals surface area contributed by atoms with Gasteiger partial charge in [0.05, 0.1) is 6.10 Å². The number of carbonyl (C=O) groups is 4. The molecule has 0 rings (SSSR count). The zero-order valence-electron chi connectivity index (χ0n) is 17.5. The number of unbranched alkanes of at least 4 members (excludes halogenated alkanes) is 1. The second-order valence-corrected chi connectivity index (χ2v) is 7.41. The lowest BCUT2D eigenvalue weighted by Gasteiger charge is -2.25. The van der Waals surface area contributed by atoms with Gasteiger partial charge in [0.2, 0.25) is 17.7 Å². The molecule has 0 aromatic rings. The molecule has 0 aliphatic carbocycles. The van der Waals surface area contributed by atoms with Crippen molar-refractivity contribution in [2.24, 2.45) is 17.4 Å². The van der Waals surface area contributed by atoms with Crippen molar-refractivity contribution >= 4 is 23.7 Å². The smallest absolute Gasteiger partial charge is 0.326 e. The summed E-state index contributed by atoms with van der Waals surface area (Å²) in [5.41, 5.74) is 11.0. The van der Waals surface area contributed by atoms with Crippen LogP contribution in [0, 0.1) is 5.92 Å². The Kier molecular flexibility index (Phi) is 12.1. The van der Waals surface area contributed by atoms with Crippen LogP contribution < -0.4 is 27.4 Å². The van der Waals surface area contributed by atoms with Gasteiger partial charge in [0.1, 0.15) is 24.2 Å². The second kappa shape index (κ2) is 13.1. The highest BCUT2D eigenvalue weighted by atomic mass is 16.4. The van der Waals surface area contributed by atoms with E-state index >= 15 is 0 Å². The van der Waals surface area contributed by atoms with Crippen LogP contribution in [0.2, 0.25) is 0 Å². The van der Waals surface area contributed by atoms with Crippen LogP contribution in [0.4, 0.5) is 0 Å². The highest BCUT2D eigenvalue weighted by Crippen LogP contribution is 2.06. The van der Waals surface area contributed by atoms with Gasteiger partial charge in [-0.1, -0.05) is 13.8 Å². The summed E-state index contributed by atoms with van der Waals surface area (Å²) < 4.78 is 0. The Bertz CT molecular complexity index is 569. The first-order chi connectivity index (χ1) is 13.4. The summed E-state index contributed by atoms with van der Waals surface area (Å²) >= 11 is 0. The molecule has 5 unspecified atom stereocenters. The van der Waals surface area contributed by atoms with E-state index in [1.807, 2.05) is 0 Å². The maximum Gasteiger partial charge on any atom is 0.326 e. The van der Waals surface area contributed by atoms with Crippen molar-refractivity contribution in [1.29, 1.82) is 0 Å². The predicted molar refractivity (Wildman–Crippen MR) is 107 cm³/mol. The van der Waals surface area contributed by atoms with E-state index in [1.165, 1.54) is 13.8 Å². The molecule has 0 spiro atoms. The summed E-state index contributed by atoms with van der Waals surface area (Å²) in [6.07, 6.45) is 0.334. The van der Waals surface area contributed by atoms with E-state index in [4.69, 9.17) is 11.5 Å². The molecule has 0 radical (unpaired) electrons. The monoisotopic (exact) mass is 417 g/mol. The second-order valence-electron chi connectivity index (χ2n) is 7.41. The van der Waals surface area contributed by atoms with Gasteiger partial charge >= 0.3 is 5.97 Å². The summed E-state index contributed by atoms with van der Waals surface area (Å²) in [6.45, 7) is 6.48. The molecule has 29 heavy (non-hydrogen) atoms. The Hall–Kier alpha value is -2.24. The maximum atomic E-state index is 12.6. The number of rotatable bonds is 13. The van der Waals surface area contributed by atoms with Gasteiger partial charge < -0.3 is 37.6 Å². The van der Waals surface area contributed by atoms with E-state index in [1.54, 1.807) is 13.8 Å². The van der Waals surface area contributed by atoms with Crippen molar-refractivity contribution in [1.82, 2.24) is 16.0 Å². The van der Waals surface area contributed by atoms with Crippen LogP contribution in [0.3, 0.4) is 0 Å². The van der Waals surface area contributed by atoms with Gasteiger partial charge in [0.15, 0.2) is 0 Å². The van der Waals surface area contributed by atoms with Crippen LogP contribution in [-0.4, -0.2) is 70.7 Å². The van der Waals surface area contributed by atoms with Crippen LogP contribution in [0.15, 0.2) is 0 Å². The number of carboxylic acid groups (broad SMARTS) is 1. The van der Waals surface area contributed by atoms with E-state index in [0.29, 0.717) is 19.4 Å². The van der Waals surface area contributed by atoms with Crippen molar-refractivity contribution in [2.75, 3.05) is 6.54 Å². The molecule has 0 aliphatic heterocycles. The molecule has 0 saturated heterocycles. The molecule has 5 atom stereocenters. The SMILES string of the molecule is CC(NC(=O)C(N)C(C)O)C(=O)NC(CCCCN)C(=O)NC(C(=O)O)C(C)C. The number of amides is 3. The Balaban J connectivity index is 5.11. The Morgan fingerprint density at radius 1 is 0.897 bits per heavy atom. The fourth-order valence-electron chi connectivity index (χ4n) is 2.42. The number of aliphatic hydroxyl groups is 1. The van der Waals surface area contributed by atoms with Crippen molar-refractivity contribution < 1.29 is 29.4 Å². The van der Waals surface area contributed by atoms with Crippen LogP contribution >= 0.6 is 0 Å². The summed E-state index contributed by atoms with van der Waals surface area (Å²) in [5, 5.41) is 25.9. The molecule has 0 heterocycles. The minimum Gasteiger partial charge on any atom is -0.480 e. The van der Waals surface area contributed by atoms with Gasteiger partial charge in [0, 0.05) is 0 Å².